The van der Waals surface area contributed by atoms with E-state index in [9.17, 15) is 4.79 Å². The second-order valence-corrected chi connectivity index (χ2v) is 4.06. The van der Waals surface area contributed by atoms with Gasteiger partial charge in [-0.2, -0.15) is 5.10 Å². The molecule has 0 aromatic carbocycles. The Labute approximate surface area is 91.3 Å². The number of nitrogens with zero attached hydrogens (tertiary/aromatic N) is 3. The molecular formula is C10H12N4O2. The average molecular weight is 220 g/mol. The second kappa shape index (κ2) is 3.41. The molecule has 2 aromatic rings. The fourth-order valence-electron chi connectivity index (χ4n) is 2.09. The Hall–Kier alpha value is -1.69. The maximum Gasteiger partial charge on any atom is 0.292 e. The number of fused-ring (bicyclic) bond motifs is 1. The highest BCUT2D eigenvalue weighted by Crippen LogP contribution is 2.29. The van der Waals surface area contributed by atoms with E-state index in [2.05, 4.69) is 15.2 Å². The molecule has 0 aliphatic carbocycles. The number of nitrogens with one attached hydrogen (secondary N) is 1. The third-order valence-electron chi connectivity index (χ3n) is 2.92. The zero-order valence-electron chi connectivity index (χ0n) is 8.88. The Morgan fingerprint density at radius 2 is 2.44 bits per heavy atom. The molecule has 84 valence electrons. The molecule has 0 radical (unpaired) electrons. The van der Waals surface area contributed by atoms with Gasteiger partial charge in [0.15, 0.2) is 5.52 Å². The number of hydrogen-bond donors (Lipinski definition) is 1. The van der Waals surface area contributed by atoms with E-state index in [1.165, 1.54) is 0 Å². The number of imidazole rings is 1. The Morgan fingerprint density at radius 1 is 1.56 bits per heavy atom. The van der Waals surface area contributed by atoms with Gasteiger partial charge in [0.05, 0.1) is 24.1 Å². The van der Waals surface area contributed by atoms with Gasteiger partial charge >= 0.3 is 0 Å². The van der Waals surface area contributed by atoms with Crippen molar-refractivity contribution in [2.75, 3.05) is 0 Å². The lowest BCUT2D eigenvalue weighted by Gasteiger charge is -2.12. The van der Waals surface area contributed by atoms with Crippen LogP contribution in [0.1, 0.15) is 26.0 Å². The van der Waals surface area contributed by atoms with Gasteiger partial charge in [-0.05, 0) is 19.8 Å². The molecule has 0 saturated carbocycles. The van der Waals surface area contributed by atoms with E-state index >= 15 is 0 Å². The molecule has 2 atom stereocenters. The molecule has 1 aliphatic rings. The summed E-state index contributed by atoms with van der Waals surface area (Å²) in [4.78, 5) is 15.5. The first-order valence-electron chi connectivity index (χ1n) is 5.31. The molecule has 1 aliphatic heterocycles. The topological polar surface area (TPSA) is 72.8 Å². The van der Waals surface area contributed by atoms with E-state index in [1.54, 1.807) is 12.5 Å². The maximum atomic E-state index is 11.4. The van der Waals surface area contributed by atoms with Crippen LogP contribution in [0.4, 0.5) is 0 Å². The number of rotatable bonds is 1. The first-order valence-corrected chi connectivity index (χ1v) is 5.31. The fraction of sp³-hybridized carbons (Fsp3) is 0.500. The molecule has 0 amide bonds. The van der Waals surface area contributed by atoms with Crippen molar-refractivity contribution in [2.24, 2.45) is 0 Å². The van der Waals surface area contributed by atoms with Crippen LogP contribution in [0, 0.1) is 0 Å². The molecule has 1 saturated heterocycles. The van der Waals surface area contributed by atoms with Crippen LogP contribution in [-0.2, 0) is 4.74 Å². The molecule has 1 fully saturated rings. The molecule has 0 spiro atoms. The van der Waals surface area contributed by atoms with Crippen LogP contribution in [0.25, 0.3) is 11.0 Å². The third-order valence-corrected chi connectivity index (χ3v) is 2.92. The lowest BCUT2D eigenvalue weighted by molar-refractivity contribution is 0.0134. The molecule has 2 unspecified atom stereocenters. The van der Waals surface area contributed by atoms with E-state index < -0.39 is 0 Å². The number of aromatic nitrogens is 4. The number of aromatic amines is 1. The van der Waals surface area contributed by atoms with Crippen LogP contribution in [0.2, 0.25) is 0 Å². The summed E-state index contributed by atoms with van der Waals surface area (Å²) < 4.78 is 7.61. The van der Waals surface area contributed by atoms with Gasteiger partial charge < -0.3 is 9.30 Å². The minimum atomic E-state index is -0.262. The van der Waals surface area contributed by atoms with Crippen LogP contribution in [-0.4, -0.2) is 25.9 Å². The summed E-state index contributed by atoms with van der Waals surface area (Å²) in [6.45, 7) is 2.05. The highest BCUT2D eigenvalue weighted by molar-refractivity contribution is 5.72. The van der Waals surface area contributed by atoms with Crippen molar-refractivity contribution < 1.29 is 4.74 Å². The predicted octanol–water partition coefficient (Wildman–Crippen LogP) is 0.817. The molecule has 16 heavy (non-hydrogen) atoms. The van der Waals surface area contributed by atoms with Crippen molar-refractivity contribution >= 4 is 11.0 Å². The average Bonchev–Trinajstić information content (AvgIpc) is 2.84. The van der Waals surface area contributed by atoms with Gasteiger partial charge in [-0.1, -0.05) is 0 Å². The highest BCUT2D eigenvalue weighted by Gasteiger charge is 2.24. The first kappa shape index (κ1) is 9.53. The fourth-order valence-corrected chi connectivity index (χ4v) is 2.09. The molecule has 0 bridgehead atoms. The number of ether oxygens (including phenoxy) is 1. The number of H-pyrrole nitrogens is 1. The summed E-state index contributed by atoms with van der Waals surface area (Å²) >= 11 is 0. The van der Waals surface area contributed by atoms with Gasteiger partial charge in [0.25, 0.3) is 5.56 Å². The summed E-state index contributed by atoms with van der Waals surface area (Å²) in [5, 5.41) is 6.15. The number of hydrogen-bond acceptors (Lipinski definition) is 4. The summed E-state index contributed by atoms with van der Waals surface area (Å²) in [6.07, 6.45) is 5.46. The zero-order valence-corrected chi connectivity index (χ0v) is 8.88. The van der Waals surface area contributed by atoms with E-state index in [1.807, 2.05) is 11.5 Å². The van der Waals surface area contributed by atoms with Gasteiger partial charge in [-0.15, -0.1) is 0 Å². The van der Waals surface area contributed by atoms with Crippen LogP contribution >= 0.6 is 0 Å². The van der Waals surface area contributed by atoms with E-state index in [0.717, 1.165) is 18.4 Å². The summed E-state index contributed by atoms with van der Waals surface area (Å²) in [6, 6.07) is 0. The third kappa shape index (κ3) is 1.34. The standard InChI is InChI=1S/C10H12N4O2/c1-6-2-3-8(16-6)14-5-11-9-7(14)4-12-13-10(9)15/h4-6,8H,2-3H2,1H3,(H,13,15). The van der Waals surface area contributed by atoms with Crippen LogP contribution in [0.15, 0.2) is 17.3 Å². The Bertz CT molecular complexity index is 573. The van der Waals surface area contributed by atoms with Crippen molar-refractivity contribution in [2.45, 2.75) is 32.1 Å². The lowest BCUT2D eigenvalue weighted by Crippen LogP contribution is -2.11. The highest BCUT2D eigenvalue weighted by atomic mass is 16.5. The van der Waals surface area contributed by atoms with Crippen molar-refractivity contribution in [1.82, 2.24) is 19.7 Å². The van der Waals surface area contributed by atoms with Crippen LogP contribution in [0.5, 0.6) is 0 Å². The molecule has 1 N–H and O–H groups in total. The van der Waals surface area contributed by atoms with Crippen molar-refractivity contribution in [1.29, 1.82) is 0 Å². The van der Waals surface area contributed by atoms with Crippen molar-refractivity contribution in [3.05, 3.63) is 22.9 Å². The van der Waals surface area contributed by atoms with Gasteiger partial charge in [0.1, 0.15) is 6.23 Å². The van der Waals surface area contributed by atoms with Crippen LogP contribution in [0.3, 0.4) is 0 Å². The van der Waals surface area contributed by atoms with Crippen molar-refractivity contribution in [3.8, 4) is 0 Å². The summed E-state index contributed by atoms with van der Waals surface area (Å²) in [7, 11) is 0. The van der Waals surface area contributed by atoms with E-state index in [-0.39, 0.29) is 17.9 Å². The molecule has 6 nitrogen and oxygen atoms in total. The summed E-state index contributed by atoms with van der Waals surface area (Å²) in [5.41, 5.74) is 0.878. The predicted molar refractivity (Wildman–Crippen MR) is 57.0 cm³/mol. The van der Waals surface area contributed by atoms with E-state index in [0.29, 0.717) is 5.52 Å². The van der Waals surface area contributed by atoms with E-state index in [4.69, 9.17) is 4.74 Å². The normalized spacial score (nSPS) is 25.3. The molecule has 3 heterocycles. The Morgan fingerprint density at radius 3 is 3.19 bits per heavy atom. The Kier molecular flexibility index (Phi) is 2.03. The maximum absolute atomic E-state index is 11.4. The smallest absolute Gasteiger partial charge is 0.292 e. The van der Waals surface area contributed by atoms with Gasteiger partial charge in [-0.3, -0.25) is 4.79 Å². The quantitative estimate of drug-likeness (QED) is 0.772. The monoisotopic (exact) mass is 220 g/mol. The van der Waals surface area contributed by atoms with Gasteiger partial charge in [-0.25, -0.2) is 10.1 Å². The molecule has 6 heteroatoms. The SMILES string of the molecule is CC1CCC(n2cnc3c(=O)[nH]ncc32)O1. The lowest BCUT2D eigenvalue weighted by atomic mass is 10.2. The van der Waals surface area contributed by atoms with Gasteiger partial charge in [0, 0.05) is 0 Å². The molecule has 2 aromatic heterocycles. The summed E-state index contributed by atoms with van der Waals surface area (Å²) in [5.74, 6) is 0. The Balaban J connectivity index is 2.11. The zero-order chi connectivity index (χ0) is 11.1. The largest absolute Gasteiger partial charge is 0.355 e. The first-order chi connectivity index (χ1) is 7.75. The minimum Gasteiger partial charge on any atom is -0.355 e. The van der Waals surface area contributed by atoms with Crippen molar-refractivity contribution in [3.63, 3.8) is 0 Å². The molecular weight excluding hydrogens is 208 g/mol. The second-order valence-electron chi connectivity index (χ2n) is 4.06. The minimum absolute atomic E-state index is 0.0244. The van der Waals surface area contributed by atoms with Gasteiger partial charge in [0.2, 0.25) is 0 Å². The molecule has 3 rings (SSSR count). The van der Waals surface area contributed by atoms with Crippen LogP contribution < -0.4 is 5.56 Å².